The largest absolute Gasteiger partial charge is 0.465 e. The van der Waals surface area contributed by atoms with E-state index in [9.17, 15) is 9.59 Å². The molecule has 0 atom stereocenters. The molecule has 1 aromatic heterocycles. The lowest BCUT2D eigenvalue weighted by Crippen LogP contribution is -2.47. The molecular formula is C26H38N2O3S. The van der Waals surface area contributed by atoms with Gasteiger partial charge in [0.2, 0.25) is 5.91 Å². The Hall–Kier alpha value is -1.66. The molecule has 32 heavy (non-hydrogen) atoms. The van der Waals surface area contributed by atoms with E-state index in [1.54, 1.807) is 0 Å². The molecule has 1 heterocycles. The fourth-order valence-corrected chi connectivity index (χ4v) is 6.71. The molecule has 0 bridgehead atoms. The second kappa shape index (κ2) is 10.5. The molecule has 2 N–H and O–H groups in total. The summed E-state index contributed by atoms with van der Waals surface area (Å²) < 4.78 is 5.17. The zero-order valence-corrected chi connectivity index (χ0v) is 20.4. The van der Waals surface area contributed by atoms with Crippen LogP contribution in [0.3, 0.4) is 0 Å². The summed E-state index contributed by atoms with van der Waals surface area (Å²) in [5.74, 6) is 0.598. The van der Waals surface area contributed by atoms with Gasteiger partial charge >= 0.3 is 5.97 Å². The number of nitrogens with zero attached hydrogens (tertiary/aromatic N) is 1. The lowest BCUT2D eigenvalue weighted by molar-refractivity contribution is -0.124. The molecule has 3 aliphatic carbocycles. The van der Waals surface area contributed by atoms with Gasteiger partial charge < -0.3 is 15.4 Å². The van der Waals surface area contributed by atoms with Gasteiger partial charge in [0.05, 0.1) is 12.8 Å². The maximum absolute atomic E-state index is 14.0. The Morgan fingerprint density at radius 3 is 2.41 bits per heavy atom. The Morgan fingerprint density at radius 2 is 1.78 bits per heavy atom. The molecule has 0 spiro atoms. The Kier molecular flexibility index (Phi) is 7.72. The molecule has 0 aromatic carbocycles. The minimum absolute atomic E-state index is 0.0459. The van der Waals surface area contributed by atoms with Crippen LogP contribution in [0, 0.1) is 11.8 Å². The average Bonchev–Trinajstić information content (AvgIpc) is 3.26. The van der Waals surface area contributed by atoms with Gasteiger partial charge in [-0.2, -0.15) is 0 Å². The van der Waals surface area contributed by atoms with E-state index in [4.69, 9.17) is 10.5 Å². The highest BCUT2D eigenvalue weighted by atomic mass is 32.1. The van der Waals surface area contributed by atoms with Crippen LogP contribution in [0.25, 0.3) is 5.57 Å². The lowest BCUT2D eigenvalue weighted by atomic mass is 9.81. The highest BCUT2D eigenvalue weighted by Gasteiger charge is 2.37. The molecule has 0 radical (unpaired) electrons. The smallest absolute Gasteiger partial charge is 0.350 e. The zero-order chi connectivity index (χ0) is 22.7. The van der Waals surface area contributed by atoms with Crippen LogP contribution >= 0.6 is 11.3 Å². The van der Waals surface area contributed by atoms with Crippen molar-refractivity contribution in [3.8, 4) is 0 Å². The fraction of sp³-hybridized carbons (Fsp3) is 0.692. The maximum atomic E-state index is 14.0. The second-order valence-electron chi connectivity index (χ2n) is 10.0. The summed E-state index contributed by atoms with van der Waals surface area (Å²) in [5, 5.41) is 0. The molecule has 2 saturated carbocycles. The molecule has 0 unspecified atom stereocenters. The van der Waals surface area contributed by atoms with Crippen molar-refractivity contribution in [3.63, 3.8) is 0 Å². The van der Waals surface area contributed by atoms with E-state index in [2.05, 4.69) is 19.1 Å². The predicted molar refractivity (Wildman–Crippen MR) is 131 cm³/mol. The molecule has 0 saturated heterocycles. The van der Waals surface area contributed by atoms with Crippen LogP contribution in [-0.4, -0.2) is 31.1 Å². The van der Waals surface area contributed by atoms with E-state index >= 15 is 0 Å². The first-order valence-corrected chi connectivity index (χ1v) is 13.3. The van der Waals surface area contributed by atoms with Gasteiger partial charge in [0.1, 0.15) is 4.88 Å². The van der Waals surface area contributed by atoms with Crippen molar-refractivity contribution in [2.24, 2.45) is 17.6 Å². The monoisotopic (exact) mass is 458 g/mol. The number of nitrogens with two attached hydrogens (primary N) is 1. The fourth-order valence-electron chi connectivity index (χ4n) is 5.58. The topological polar surface area (TPSA) is 72.6 Å². The summed E-state index contributed by atoms with van der Waals surface area (Å²) in [5.41, 5.74) is 8.27. The van der Waals surface area contributed by atoms with E-state index in [0.29, 0.717) is 10.8 Å². The molecule has 1 aromatic rings. The SMILES string of the molecule is COC(=O)c1sc(C2=CCCCC2)cc1N(C(=O)[C@H]1CC[C@H](C)CC1)C1CCC(N)CC1. The van der Waals surface area contributed by atoms with Crippen molar-refractivity contribution >= 4 is 34.5 Å². The molecule has 2 fully saturated rings. The average molecular weight is 459 g/mol. The third-order valence-electron chi connectivity index (χ3n) is 7.66. The minimum atomic E-state index is -0.338. The van der Waals surface area contributed by atoms with Crippen molar-refractivity contribution in [2.75, 3.05) is 12.0 Å². The molecule has 1 amide bonds. The van der Waals surface area contributed by atoms with Gasteiger partial charge in [-0.1, -0.05) is 13.0 Å². The Balaban J connectivity index is 1.72. The van der Waals surface area contributed by atoms with Gasteiger partial charge in [-0.05, 0) is 94.6 Å². The van der Waals surface area contributed by atoms with Crippen molar-refractivity contribution in [1.82, 2.24) is 0 Å². The van der Waals surface area contributed by atoms with Crippen LogP contribution in [-0.2, 0) is 9.53 Å². The number of allylic oxidation sites excluding steroid dienone is 2. The number of carbonyl (C=O) groups is 2. The highest BCUT2D eigenvalue weighted by Crippen LogP contribution is 2.42. The van der Waals surface area contributed by atoms with Crippen LogP contribution in [0.1, 0.15) is 98.5 Å². The van der Waals surface area contributed by atoms with E-state index in [1.165, 1.54) is 36.9 Å². The van der Waals surface area contributed by atoms with Gasteiger partial charge in [-0.3, -0.25) is 4.79 Å². The van der Waals surface area contributed by atoms with E-state index < -0.39 is 0 Å². The Bertz CT molecular complexity index is 845. The van der Waals surface area contributed by atoms with E-state index in [0.717, 1.165) is 74.8 Å². The summed E-state index contributed by atoms with van der Waals surface area (Å²) in [6.45, 7) is 2.28. The van der Waals surface area contributed by atoms with Crippen molar-refractivity contribution in [1.29, 1.82) is 0 Å². The maximum Gasteiger partial charge on any atom is 0.350 e. The Morgan fingerprint density at radius 1 is 1.06 bits per heavy atom. The van der Waals surface area contributed by atoms with Gasteiger partial charge in [0.15, 0.2) is 0 Å². The number of esters is 1. The molecular weight excluding hydrogens is 420 g/mol. The third kappa shape index (κ3) is 5.12. The molecule has 5 nitrogen and oxygen atoms in total. The first-order valence-electron chi connectivity index (χ1n) is 12.5. The number of thiophene rings is 1. The number of methoxy groups -OCH3 is 1. The molecule has 3 aliphatic rings. The molecule has 0 aliphatic heterocycles. The summed E-state index contributed by atoms with van der Waals surface area (Å²) in [7, 11) is 1.43. The van der Waals surface area contributed by atoms with Crippen LogP contribution in [0.15, 0.2) is 12.1 Å². The number of carbonyl (C=O) groups excluding carboxylic acids is 2. The molecule has 6 heteroatoms. The van der Waals surface area contributed by atoms with E-state index in [-0.39, 0.29) is 29.9 Å². The minimum Gasteiger partial charge on any atom is -0.465 e. The number of ether oxygens (including phenoxy) is 1. The van der Waals surface area contributed by atoms with Crippen molar-refractivity contribution in [3.05, 3.63) is 21.9 Å². The second-order valence-corrected chi connectivity index (χ2v) is 11.1. The zero-order valence-electron chi connectivity index (χ0n) is 19.6. The van der Waals surface area contributed by atoms with Crippen LogP contribution < -0.4 is 10.6 Å². The van der Waals surface area contributed by atoms with Gasteiger partial charge in [0.25, 0.3) is 0 Å². The Labute approximate surface area is 196 Å². The molecule has 4 rings (SSSR count). The third-order valence-corrected chi connectivity index (χ3v) is 8.84. The summed E-state index contributed by atoms with van der Waals surface area (Å²) >= 11 is 1.49. The van der Waals surface area contributed by atoms with Crippen molar-refractivity contribution < 1.29 is 14.3 Å². The number of amides is 1. The van der Waals surface area contributed by atoms with Gasteiger partial charge in [-0.15, -0.1) is 11.3 Å². The molecule has 176 valence electrons. The quantitative estimate of drug-likeness (QED) is 0.556. The number of anilines is 1. The number of hydrogen-bond acceptors (Lipinski definition) is 5. The van der Waals surface area contributed by atoms with Gasteiger partial charge in [-0.25, -0.2) is 4.79 Å². The summed E-state index contributed by atoms with van der Waals surface area (Å²) in [6.07, 6.45) is 14.5. The predicted octanol–water partition coefficient (Wildman–Crippen LogP) is 5.92. The summed E-state index contributed by atoms with van der Waals surface area (Å²) in [6, 6.07) is 2.42. The standard InChI is InChI=1S/C26H38N2O3S/c1-17-8-10-19(11-9-17)25(29)28(21-14-12-20(27)13-15-21)22-16-23(18-6-4-3-5-7-18)32-24(22)26(30)31-2/h6,16-17,19-21H,3-5,7-15,27H2,1-2H3/t17-,19-,20?,21?. The van der Waals surface area contributed by atoms with Crippen LogP contribution in [0.4, 0.5) is 5.69 Å². The first kappa shape index (κ1) is 23.5. The van der Waals surface area contributed by atoms with Crippen LogP contribution in [0.2, 0.25) is 0 Å². The number of hydrogen-bond donors (Lipinski definition) is 1. The highest BCUT2D eigenvalue weighted by molar-refractivity contribution is 7.15. The van der Waals surface area contributed by atoms with Gasteiger partial charge in [0, 0.05) is 22.9 Å². The summed E-state index contributed by atoms with van der Waals surface area (Å²) in [4.78, 5) is 30.5. The van der Waals surface area contributed by atoms with E-state index in [1.807, 2.05) is 4.90 Å². The lowest BCUT2D eigenvalue weighted by Gasteiger charge is -2.39. The normalized spacial score (nSPS) is 28.7. The number of rotatable bonds is 5. The van der Waals surface area contributed by atoms with Crippen molar-refractivity contribution in [2.45, 2.75) is 96.1 Å². The van der Waals surface area contributed by atoms with Crippen LogP contribution in [0.5, 0.6) is 0 Å². The first-order chi connectivity index (χ1) is 15.5.